The molecule has 0 spiro atoms. The van der Waals surface area contributed by atoms with Crippen molar-refractivity contribution < 1.29 is 18.3 Å². The summed E-state index contributed by atoms with van der Waals surface area (Å²) in [6.07, 6.45) is 1.45. The van der Waals surface area contributed by atoms with E-state index in [9.17, 15) is 13.2 Å². The van der Waals surface area contributed by atoms with Gasteiger partial charge in [0.15, 0.2) is 0 Å². The Morgan fingerprint density at radius 2 is 2.14 bits per heavy atom. The molecule has 7 nitrogen and oxygen atoms in total. The summed E-state index contributed by atoms with van der Waals surface area (Å²) in [5.41, 5.74) is 0.108. The van der Waals surface area contributed by atoms with Crippen molar-refractivity contribution in [2.75, 3.05) is 6.54 Å². The number of sulfonamides is 1. The van der Waals surface area contributed by atoms with Crippen molar-refractivity contribution in [2.45, 2.75) is 25.2 Å². The molecule has 0 aromatic carbocycles. The van der Waals surface area contributed by atoms with E-state index < -0.39 is 21.9 Å². The number of hydrogen-bond acceptors (Lipinski definition) is 5. The van der Waals surface area contributed by atoms with Crippen LogP contribution in [0.15, 0.2) is 23.2 Å². The molecule has 0 amide bonds. The van der Waals surface area contributed by atoms with E-state index in [1.165, 1.54) is 12.1 Å². The van der Waals surface area contributed by atoms with E-state index in [2.05, 4.69) is 9.71 Å². The highest BCUT2D eigenvalue weighted by molar-refractivity contribution is 7.89. The molecule has 1 heterocycles. The van der Waals surface area contributed by atoms with E-state index in [1.807, 2.05) is 13.8 Å². The number of nitrogens with zero attached hydrogens (tertiary/aromatic N) is 2. The molecular formula is C13H17N3O4S. The van der Waals surface area contributed by atoms with Crippen LogP contribution in [0.2, 0.25) is 0 Å². The van der Waals surface area contributed by atoms with E-state index in [1.54, 1.807) is 6.07 Å². The molecule has 0 saturated heterocycles. The molecule has 2 N–H and O–H groups in total. The second-order valence-electron chi connectivity index (χ2n) is 5.01. The van der Waals surface area contributed by atoms with E-state index in [4.69, 9.17) is 10.4 Å². The number of carboxylic acid groups (broad SMARTS) is 1. The summed E-state index contributed by atoms with van der Waals surface area (Å²) in [7, 11) is -3.83. The lowest BCUT2D eigenvalue weighted by molar-refractivity contribution is -0.142. The minimum Gasteiger partial charge on any atom is -0.481 e. The Bertz CT molecular complexity index is 632. The van der Waals surface area contributed by atoms with Gasteiger partial charge in [-0.3, -0.25) is 4.79 Å². The number of hydrogen-bond donors (Lipinski definition) is 2. The van der Waals surface area contributed by atoms with Gasteiger partial charge in [0.25, 0.3) is 0 Å². The summed E-state index contributed by atoms with van der Waals surface area (Å²) in [4.78, 5) is 14.7. The topological polar surface area (TPSA) is 120 Å². The molecule has 0 aliphatic heterocycles. The molecule has 114 valence electrons. The van der Waals surface area contributed by atoms with Crippen LogP contribution in [0.3, 0.4) is 0 Å². The first-order valence-corrected chi connectivity index (χ1v) is 7.83. The molecular weight excluding hydrogens is 294 g/mol. The molecule has 0 radical (unpaired) electrons. The lowest BCUT2D eigenvalue weighted by Gasteiger charge is -2.15. The minimum absolute atomic E-state index is 0.102. The highest BCUT2D eigenvalue weighted by Gasteiger charge is 2.22. The van der Waals surface area contributed by atoms with Gasteiger partial charge in [-0.2, -0.15) is 5.26 Å². The second-order valence-corrected chi connectivity index (χ2v) is 6.77. The summed E-state index contributed by atoms with van der Waals surface area (Å²) >= 11 is 0. The fourth-order valence-corrected chi connectivity index (χ4v) is 2.77. The molecule has 1 aromatic rings. The predicted octanol–water partition coefficient (Wildman–Crippen LogP) is 0.978. The van der Waals surface area contributed by atoms with Crippen molar-refractivity contribution in [3.8, 4) is 6.07 Å². The molecule has 8 heteroatoms. The van der Waals surface area contributed by atoms with Crippen LogP contribution in [0.25, 0.3) is 0 Å². The maximum atomic E-state index is 12.0. The summed E-state index contributed by atoms with van der Waals surface area (Å²) in [6.45, 7) is 3.56. The van der Waals surface area contributed by atoms with Crippen molar-refractivity contribution in [1.82, 2.24) is 9.71 Å². The molecule has 0 fully saturated rings. The molecule has 21 heavy (non-hydrogen) atoms. The van der Waals surface area contributed by atoms with Crippen molar-refractivity contribution in [3.63, 3.8) is 0 Å². The van der Waals surface area contributed by atoms with Gasteiger partial charge in [0, 0.05) is 12.7 Å². The van der Waals surface area contributed by atoms with Gasteiger partial charge in [-0.25, -0.2) is 18.1 Å². The van der Waals surface area contributed by atoms with Gasteiger partial charge in [-0.15, -0.1) is 0 Å². The van der Waals surface area contributed by atoms with Gasteiger partial charge in [0.2, 0.25) is 10.0 Å². The number of pyridine rings is 1. The van der Waals surface area contributed by atoms with Crippen LogP contribution in [-0.4, -0.2) is 31.0 Å². The Hall–Kier alpha value is -1.98. The Morgan fingerprint density at radius 3 is 2.57 bits per heavy atom. The number of aromatic nitrogens is 1. The number of rotatable bonds is 7. The Morgan fingerprint density at radius 1 is 1.48 bits per heavy atom. The van der Waals surface area contributed by atoms with Crippen LogP contribution in [0, 0.1) is 23.2 Å². The molecule has 0 aliphatic carbocycles. The largest absolute Gasteiger partial charge is 0.481 e. The molecule has 1 unspecified atom stereocenters. The molecule has 1 rings (SSSR count). The number of carboxylic acids is 1. The quantitative estimate of drug-likeness (QED) is 0.774. The van der Waals surface area contributed by atoms with Gasteiger partial charge in [-0.1, -0.05) is 13.8 Å². The number of carbonyl (C=O) groups is 1. The van der Waals surface area contributed by atoms with Crippen LogP contribution >= 0.6 is 0 Å². The highest BCUT2D eigenvalue weighted by atomic mass is 32.2. The van der Waals surface area contributed by atoms with Crippen molar-refractivity contribution in [1.29, 1.82) is 5.26 Å². The monoisotopic (exact) mass is 311 g/mol. The lowest BCUT2D eigenvalue weighted by atomic mass is 9.98. The second kappa shape index (κ2) is 7.15. The number of nitrogens with one attached hydrogen (secondary N) is 1. The van der Waals surface area contributed by atoms with Crippen LogP contribution < -0.4 is 4.72 Å². The fourth-order valence-electron chi connectivity index (χ4n) is 1.74. The maximum absolute atomic E-state index is 12.0. The minimum atomic E-state index is -3.83. The predicted molar refractivity (Wildman–Crippen MR) is 74.7 cm³/mol. The van der Waals surface area contributed by atoms with Crippen LogP contribution in [0.4, 0.5) is 0 Å². The molecule has 1 aromatic heterocycles. The highest BCUT2D eigenvalue weighted by Crippen LogP contribution is 2.13. The normalized spacial score (nSPS) is 12.9. The van der Waals surface area contributed by atoms with Gasteiger partial charge >= 0.3 is 5.97 Å². The third-order valence-electron chi connectivity index (χ3n) is 2.79. The Kier molecular flexibility index (Phi) is 5.81. The molecule has 0 saturated carbocycles. The molecule has 1 atom stereocenters. The van der Waals surface area contributed by atoms with Crippen molar-refractivity contribution >= 4 is 16.0 Å². The summed E-state index contributed by atoms with van der Waals surface area (Å²) in [6, 6.07) is 4.33. The van der Waals surface area contributed by atoms with Gasteiger partial charge < -0.3 is 5.11 Å². The first-order valence-electron chi connectivity index (χ1n) is 6.35. The standard InChI is InChI=1S/C13H17N3O4S/c1-9(2)5-10(13(17)18)7-16-21(19,20)12-4-3-11(6-14)15-8-12/h3-4,8-10,16H,5,7H2,1-2H3,(H,17,18). The average molecular weight is 311 g/mol. The van der Waals surface area contributed by atoms with E-state index in [0.29, 0.717) is 6.42 Å². The van der Waals surface area contributed by atoms with E-state index >= 15 is 0 Å². The van der Waals surface area contributed by atoms with Crippen LogP contribution in [0.1, 0.15) is 26.0 Å². The Labute approximate surface area is 123 Å². The Balaban J connectivity index is 2.79. The number of aliphatic carboxylic acids is 1. The first-order chi connectivity index (χ1) is 9.76. The average Bonchev–Trinajstić information content (AvgIpc) is 2.43. The number of nitriles is 1. The molecule has 0 aliphatic rings. The fraction of sp³-hybridized carbons (Fsp3) is 0.462. The third-order valence-corrected chi connectivity index (χ3v) is 4.19. The zero-order valence-corrected chi connectivity index (χ0v) is 12.6. The maximum Gasteiger partial charge on any atom is 0.307 e. The summed E-state index contributed by atoms with van der Waals surface area (Å²) in [5, 5.41) is 17.7. The van der Waals surface area contributed by atoms with Gasteiger partial charge in [0.1, 0.15) is 16.7 Å². The molecule has 0 bridgehead atoms. The van der Waals surface area contributed by atoms with Gasteiger partial charge in [0.05, 0.1) is 5.92 Å². The first kappa shape index (κ1) is 17.1. The zero-order chi connectivity index (χ0) is 16.0. The summed E-state index contributed by atoms with van der Waals surface area (Å²) in [5.74, 6) is -1.68. The smallest absolute Gasteiger partial charge is 0.307 e. The SMILES string of the molecule is CC(C)CC(CNS(=O)(=O)c1ccc(C#N)nc1)C(=O)O. The van der Waals surface area contributed by atoms with Gasteiger partial charge in [-0.05, 0) is 24.5 Å². The van der Waals surface area contributed by atoms with E-state index in [-0.39, 0.29) is 23.1 Å². The van der Waals surface area contributed by atoms with Crippen LogP contribution in [-0.2, 0) is 14.8 Å². The van der Waals surface area contributed by atoms with Crippen LogP contribution in [0.5, 0.6) is 0 Å². The van der Waals surface area contributed by atoms with E-state index in [0.717, 1.165) is 6.20 Å². The van der Waals surface area contributed by atoms with Crippen molar-refractivity contribution in [2.24, 2.45) is 11.8 Å². The lowest BCUT2D eigenvalue weighted by Crippen LogP contribution is -2.33. The third kappa shape index (κ3) is 5.13. The van der Waals surface area contributed by atoms with Crippen molar-refractivity contribution in [3.05, 3.63) is 24.0 Å². The zero-order valence-electron chi connectivity index (χ0n) is 11.8. The summed E-state index contributed by atoms with van der Waals surface area (Å²) < 4.78 is 26.3.